The van der Waals surface area contributed by atoms with Crippen molar-refractivity contribution >= 4 is 5.91 Å². The van der Waals surface area contributed by atoms with Crippen molar-refractivity contribution in [2.75, 3.05) is 33.4 Å². The Balaban J connectivity index is 1.53. The first-order valence-corrected chi connectivity index (χ1v) is 7.64. The maximum absolute atomic E-state index is 12.5. The van der Waals surface area contributed by atoms with E-state index in [1.54, 1.807) is 0 Å². The Morgan fingerprint density at radius 1 is 1.16 bits per heavy atom. The third-order valence-electron chi connectivity index (χ3n) is 5.51. The van der Waals surface area contributed by atoms with Gasteiger partial charge in [0.2, 0.25) is 5.91 Å². The van der Waals surface area contributed by atoms with E-state index in [1.807, 2.05) is 7.11 Å². The molecule has 1 spiro atoms. The van der Waals surface area contributed by atoms with Crippen molar-refractivity contribution in [3.63, 3.8) is 0 Å². The van der Waals surface area contributed by atoms with Gasteiger partial charge in [-0.3, -0.25) is 4.79 Å². The molecule has 2 aliphatic heterocycles. The standard InChI is InChI=1S/C15H25NO3/c1-18-13-2-5-15(13)6-8-16(9-7-15)14(17)12-3-10-19-11-4-12/h12-13H,2-11H2,1H3. The molecule has 0 bridgehead atoms. The highest BCUT2D eigenvalue weighted by molar-refractivity contribution is 5.79. The van der Waals surface area contributed by atoms with E-state index in [4.69, 9.17) is 9.47 Å². The Morgan fingerprint density at radius 2 is 1.84 bits per heavy atom. The number of likely N-dealkylation sites (tertiary alicyclic amines) is 1. The number of piperidine rings is 1. The van der Waals surface area contributed by atoms with Gasteiger partial charge in [0.15, 0.2) is 0 Å². The van der Waals surface area contributed by atoms with Crippen LogP contribution >= 0.6 is 0 Å². The van der Waals surface area contributed by atoms with Gasteiger partial charge in [-0.1, -0.05) is 0 Å². The fourth-order valence-corrected chi connectivity index (χ4v) is 3.99. The molecular formula is C15H25NO3. The van der Waals surface area contributed by atoms with Crippen LogP contribution in [0.2, 0.25) is 0 Å². The van der Waals surface area contributed by atoms with E-state index in [0.717, 1.165) is 52.0 Å². The van der Waals surface area contributed by atoms with E-state index < -0.39 is 0 Å². The predicted molar refractivity (Wildman–Crippen MR) is 71.8 cm³/mol. The summed E-state index contributed by atoms with van der Waals surface area (Å²) >= 11 is 0. The molecule has 1 atom stereocenters. The molecular weight excluding hydrogens is 242 g/mol. The van der Waals surface area contributed by atoms with Crippen LogP contribution in [-0.4, -0.2) is 50.3 Å². The number of rotatable bonds is 2. The van der Waals surface area contributed by atoms with Crippen molar-refractivity contribution in [1.82, 2.24) is 4.90 Å². The Morgan fingerprint density at radius 3 is 2.37 bits per heavy atom. The molecule has 0 aromatic heterocycles. The smallest absolute Gasteiger partial charge is 0.225 e. The Bertz CT molecular complexity index is 328. The van der Waals surface area contributed by atoms with Gasteiger partial charge in [0.05, 0.1) is 6.10 Å². The van der Waals surface area contributed by atoms with Crippen molar-refractivity contribution in [2.24, 2.45) is 11.3 Å². The molecule has 2 heterocycles. The van der Waals surface area contributed by atoms with E-state index >= 15 is 0 Å². The molecule has 0 aromatic rings. The maximum atomic E-state index is 12.5. The third kappa shape index (κ3) is 2.40. The maximum Gasteiger partial charge on any atom is 0.225 e. The van der Waals surface area contributed by atoms with Crippen molar-refractivity contribution < 1.29 is 14.3 Å². The van der Waals surface area contributed by atoms with Gasteiger partial charge in [0, 0.05) is 44.7 Å². The lowest BCUT2D eigenvalue weighted by Crippen LogP contribution is -2.54. The van der Waals surface area contributed by atoms with Gasteiger partial charge in [0.25, 0.3) is 0 Å². The summed E-state index contributed by atoms with van der Waals surface area (Å²) in [4.78, 5) is 14.6. The first kappa shape index (κ1) is 13.4. The monoisotopic (exact) mass is 267 g/mol. The minimum absolute atomic E-state index is 0.211. The quantitative estimate of drug-likeness (QED) is 0.766. The molecule has 19 heavy (non-hydrogen) atoms. The largest absolute Gasteiger partial charge is 0.381 e. The number of hydrogen-bond donors (Lipinski definition) is 0. The van der Waals surface area contributed by atoms with Crippen molar-refractivity contribution in [1.29, 1.82) is 0 Å². The Labute approximate surface area is 115 Å². The fraction of sp³-hybridized carbons (Fsp3) is 0.933. The zero-order chi connectivity index (χ0) is 13.3. The predicted octanol–water partition coefficient (Wildman–Crippen LogP) is 1.83. The van der Waals surface area contributed by atoms with E-state index in [-0.39, 0.29) is 5.92 Å². The molecule has 3 fully saturated rings. The van der Waals surface area contributed by atoms with Crippen LogP contribution in [0.5, 0.6) is 0 Å². The average molecular weight is 267 g/mol. The average Bonchev–Trinajstić information content (AvgIpc) is 2.47. The Hall–Kier alpha value is -0.610. The summed E-state index contributed by atoms with van der Waals surface area (Å²) < 4.78 is 10.9. The molecule has 1 amide bonds. The van der Waals surface area contributed by atoms with Gasteiger partial charge in [-0.15, -0.1) is 0 Å². The highest BCUT2D eigenvalue weighted by Gasteiger charge is 2.49. The SMILES string of the molecule is COC1CCC12CCN(C(=O)C1CCOCC1)CC2. The summed E-state index contributed by atoms with van der Waals surface area (Å²) in [6.07, 6.45) is 6.98. The summed E-state index contributed by atoms with van der Waals surface area (Å²) in [6.45, 7) is 3.35. The fourth-order valence-electron chi connectivity index (χ4n) is 3.99. The lowest BCUT2D eigenvalue weighted by molar-refractivity contribution is -0.150. The van der Waals surface area contributed by atoms with Crippen molar-refractivity contribution in [3.8, 4) is 0 Å². The van der Waals surface area contributed by atoms with Gasteiger partial charge >= 0.3 is 0 Å². The van der Waals surface area contributed by atoms with Gasteiger partial charge in [0.1, 0.15) is 0 Å². The normalized spacial score (nSPS) is 31.2. The molecule has 1 saturated carbocycles. The number of hydrogen-bond acceptors (Lipinski definition) is 3. The van der Waals surface area contributed by atoms with Crippen LogP contribution in [0.15, 0.2) is 0 Å². The minimum Gasteiger partial charge on any atom is -0.381 e. The van der Waals surface area contributed by atoms with Crippen LogP contribution in [0.25, 0.3) is 0 Å². The Kier molecular flexibility index (Phi) is 3.81. The zero-order valence-electron chi connectivity index (χ0n) is 11.9. The van der Waals surface area contributed by atoms with E-state index in [9.17, 15) is 4.79 Å². The zero-order valence-corrected chi connectivity index (χ0v) is 11.9. The lowest BCUT2D eigenvalue weighted by atomic mass is 9.60. The molecule has 4 heteroatoms. The number of amides is 1. The van der Waals surface area contributed by atoms with Crippen molar-refractivity contribution in [2.45, 2.75) is 44.6 Å². The highest BCUT2D eigenvalue weighted by Crippen LogP contribution is 2.50. The first-order chi connectivity index (χ1) is 9.25. The molecule has 0 aromatic carbocycles. The van der Waals surface area contributed by atoms with Gasteiger partial charge < -0.3 is 14.4 Å². The summed E-state index contributed by atoms with van der Waals surface area (Å²) in [5.41, 5.74) is 0.390. The number of methoxy groups -OCH3 is 1. The van der Waals surface area contributed by atoms with E-state index in [0.29, 0.717) is 17.4 Å². The molecule has 0 N–H and O–H groups in total. The molecule has 3 aliphatic rings. The van der Waals surface area contributed by atoms with Crippen LogP contribution in [-0.2, 0) is 14.3 Å². The molecule has 0 radical (unpaired) electrons. The molecule has 108 valence electrons. The van der Waals surface area contributed by atoms with Crippen LogP contribution < -0.4 is 0 Å². The van der Waals surface area contributed by atoms with Crippen LogP contribution in [0, 0.1) is 11.3 Å². The highest BCUT2D eigenvalue weighted by atomic mass is 16.5. The summed E-state index contributed by atoms with van der Waals surface area (Å²) in [5.74, 6) is 0.578. The number of ether oxygens (including phenoxy) is 2. The van der Waals surface area contributed by atoms with Crippen LogP contribution in [0.3, 0.4) is 0 Å². The molecule has 1 unspecified atom stereocenters. The molecule has 3 rings (SSSR count). The third-order valence-corrected chi connectivity index (χ3v) is 5.51. The number of nitrogens with zero attached hydrogens (tertiary/aromatic N) is 1. The van der Waals surface area contributed by atoms with Gasteiger partial charge in [-0.25, -0.2) is 0 Å². The minimum atomic E-state index is 0.211. The molecule has 2 saturated heterocycles. The molecule has 1 aliphatic carbocycles. The first-order valence-electron chi connectivity index (χ1n) is 7.64. The second-order valence-corrected chi connectivity index (χ2v) is 6.34. The summed E-state index contributed by atoms with van der Waals surface area (Å²) in [6, 6.07) is 0. The second kappa shape index (κ2) is 5.41. The second-order valence-electron chi connectivity index (χ2n) is 6.34. The summed E-state index contributed by atoms with van der Waals surface area (Å²) in [5, 5.41) is 0. The van der Waals surface area contributed by atoms with E-state index in [2.05, 4.69) is 4.90 Å². The van der Waals surface area contributed by atoms with Crippen molar-refractivity contribution in [3.05, 3.63) is 0 Å². The summed E-state index contributed by atoms with van der Waals surface area (Å²) in [7, 11) is 1.82. The molecule has 4 nitrogen and oxygen atoms in total. The van der Waals surface area contributed by atoms with Gasteiger partial charge in [-0.05, 0) is 38.5 Å². The van der Waals surface area contributed by atoms with Crippen LogP contribution in [0.1, 0.15) is 38.5 Å². The number of carbonyl (C=O) groups is 1. The van der Waals surface area contributed by atoms with E-state index in [1.165, 1.54) is 12.8 Å². The van der Waals surface area contributed by atoms with Gasteiger partial charge in [-0.2, -0.15) is 0 Å². The van der Waals surface area contributed by atoms with Crippen LogP contribution in [0.4, 0.5) is 0 Å². The number of carbonyl (C=O) groups excluding carboxylic acids is 1. The topological polar surface area (TPSA) is 38.8 Å². The lowest BCUT2D eigenvalue weighted by Gasteiger charge is -2.53.